The molecule has 7 heteroatoms. The van der Waals surface area contributed by atoms with E-state index in [9.17, 15) is 9.59 Å². The van der Waals surface area contributed by atoms with E-state index in [-0.39, 0.29) is 26.5 Å². The van der Waals surface area contributed by atoms with Crippen LogP contribution in [0.5, 0.6) is 0 Å². The standard InChI is InChI=1S/C13H14Cl3NO3/c1-6(2)5-9(13(19)20)17-12(18)10-7(14)3-4-8(15)11(10)16/h3-4,6,9H,5H2,1-2H3,(H,17,18)(H,19,20)/t9-/m1/s1. The van der Waals surface area contributed by atoms with Crippen molar-refractivity contribution in [1.29, 1.82) is 0 Å². The Bertz CT molecular complexity index is 532. The summed E-state index contributed by atoms with van der Waals surface area (Å²) in [7, 11) is 0. The third kappa shape index (κ3) is 4.27. The van der Waals surface area contributed by atoms with E-state index >= 15 is 0 Å². The fourth-order valence-corrected chi connectivity index (χ4v) is 2.36. The Balaban J connectivity index is 3.01. The normalized spacial score (nSPS) is 12.3. The highest BCUT2D eigenvalue weighted by Crippen LogP contribution is 2.31. The monoisotopic (exact) mass is 337 g/mol. The molecule has 0 fully saturated rings. The van der Waals surface area contributed by atoms with Crippen molar-refractivity contribution in [3.8, 4) is 0 Å². The topological polar surface area (TPSA) is 66.4 Å². The van der Waals surface area contributed by atoms with Gasteiger partial charge in [-0.2, -0.15) is 0 Å². The van der Waals surface area contributed by atoms with Crippen LogP contribution in [0.1, 0.15) is 30.6 Å². The van der Waals surface area contributed by atoms with Crippen molar-refractivity contribution in [3.63, 3.8) is 0 Å². The van der Waals surface area contributed by atoms with Gasteiger partial charge in [-0.3, -0.25) is 4.79 Å². The van der Waals surface area contributed by atoms with Crippen LogP contribution in [0.3, 0.4) is 0 Å². The highest BCUT2D eigenvalue weighted by Gasteiger charge is 2.24. The third-order valence-electron chi connectivity index (χ3n) is 2.58. The molecule has 20 heavy (non-hydrogen) atoms. The predicted octanol–water partition coefficient (Wildman–Crippen LogP) is 3.88. The van der Waals surface area contributed by atoms with Gasteiger partial charge in [0.25, 0.3) is 5.91 Å². The molecule has 0 aliphatic heterocycles. The first-order valence-corrected chi connectivity index (χ1v) is 7.04. The number of benzene rings is 1. The second-order valence-electron chi connectivity index (χ2n) is 4.71. The minimum atomic E-state index is -1.11. The van der Waals surface area contributed by atoms with E-state index in [2.05, 4.69) is 5.32 Å². The predicted molar refractivity (Wildman–Crippen MR) is 79.8 cm³/mol. The number of rotatable bonds is 5. The molecular formula is C13H14Cl3NO3. The summed E-state index contributed by atoms with van der Waals surface area (Å²) in [6.07, 6.45) is 0.302. The minimum Gasteiger partial charge on any atom is -0.480 e. The summed E-state index contributed by atoms with van der Waals surface area (Å²) in [5.74, 6) is -1.65. The van der Waals surface area contributed by atoms with E-state index in [4.69, 9.17) is 39.9 Å². The molecule has 0 aromatic heterocycles. The van der Waals surface area contributed by atoms with Crippen molar-refractivity contribution in [2.75, 3.05) is 0 Å². The number of hydrogen-bond acceptors (Lipinski definition) is 2. The van der Waals surface area contributed by atoms with Crippen LogP contribution in [0.2, 0.25) is 15.1 Å². The fraction of sp³-hybridized carbons (Fsp3) is 0.385. The molecule has 1 atom stereocenters. The molecule has 0 saturated carbocycles. The molecular weight excluding hydrogens is 325 g/mol. The molecule has 0 radical (unpaired) electrons. The number of carboxylic acid groups (broad SMARTS) is 1. The lowest BCUT2D eigenvalue weighted by Gasteiger charge is -2.17. The van der Waals surface area contributed by atoms with Crippen LogP contribution in [0.15, 0.2) is 12.1 Å². The molecule has 4 nitrogen and oxygen atoms in total. The van der Waals surface area contributed by atoms with E-state index < -0.39 is 17.9 Å². The summed E-state index contributed by atoms with van der Waals surface area (Å²) in [6.45, 7) is 3.73. The Hall–Kier alpha value is -0.970. The zero-order valence-electron chi connectivity index (χ0n) is 10.9. The van der Waals surface area contributed by atoms with Crippen molar-refractivity contribution < 1.29 is 14.7 Å². The largest absolute Gasteiger partial charge is 0.480 e. The zero-order valence-corrected chi connectivity index (χ0v) is 13.2. The summed E-state index contributed by atoms with van der Waals surface area (Å²) in [6, 6.07) is 1.89. The average Bonchev–Trinajstić information content (AvgIpc) is 2.33. The van der Waals surface area contributed by atoms with Crippen LogP contribution in [0.4, 0.5) is 0 Å². The molecule has 0 unspecified atom stereocenters. The highest BCUT2D eigenvalue weighted by atomic mass is 35.5. The molecule has 0 spiro atoms. The number of aliphatic carboxylic acids is 1. The van der Waals surface area contributed by atoms with E-state index in [1.807, 2.05) is 13.8 Å². The van der Waals surface area contributed by atoms with Gasteiger partial charge in [-0.15, -0.1) is 0 Å². The second-order valence-corrected chi connectivity index (χ2v) is 5.90. The van der Waals surface area contributed by atoms with Crippen LogP contribution in [0, 0.1) is 5.92 Å². The first-order valence-electron chi connectivity index (χ1n) is 5.91. The van der Waals surface area contributed by atoms with Gasteiger partial charge >= 0.3 is 5.97 Å². The van der Waals surface area contributed by atoms with Gasteiger partial charge in [-0.05, 0) is 24.5 Å². The number of carbonyl (C=O) groups excluding carboxylic acids is 1. The van der Waals surface area contributed by atoms with Crippen molar-refractivity contribution in [1.82, 2.24) is 5.32 Å². The average molecular weight is 339 g/mol. The first-order chi connectivity index (χ1) is 9.23. The van der Waals surface area contributed by atoms with Crippen LogP contribution >= 0.6 is 34.8 Å². The number of carboxylic acids is 1. The van der Waals surface area contributed by atoms with Crippen LogP contribution in [-0.4, -0.2) is 23.0 Å². The van der Waals surface area contributed by atoms with Crippen LogP contribution in [0.25, 0.3) is 0 Å². The molecule has 1 aromatic rings. The van der Waals surface area contributed by atoms with Crippen molar-refractivity contribution in [2.24, 2.45) is 5.92 Å². The Morgan fingerprint density at radius 3 is 2.25 bits per heavy atom. The maximum atomic E-state index is 12.1. The van der Waals surface area contributed by atoms with E-state index in [0.29, 0.717) is 6.42 Å². The Morgan fingerprint density at radius 1 is 1.20 bits per heavy atom. The zero-order chi connectivity index (χ0) is 15.4. The van der Waals surface area contributed by atoms with Crippen molar-refractivity contribution in [2.45, 2.75) is 26.3 Å². The van der Waals surface area contributed by atoms with Gasteiger partial charge in [0.1, 0.15) is 6.04 Å². The smallest absolute Gasteiger partial charge is 0.326 e. The molecule has 1 amide bonds. The number of halogens is 3. The van der Waals surface area contributed by atoms with Crippen LogP contribution in [-0.2, 0) is 4.79 Å². The number of hydrogen-bond donors (Lipinski definition) is 2. The summed E-state index contributed by atoms with van der Waals surface area (Å²) < 4.78 is 0. The van der Waals surface area contributed by atoms with Crippen LogP contribution < -0.4 is 5.32 Å². The number of amides is 1. The van der Waals surface area contributed by atoms with Gasteiger partial charge in [0, 0.05) is 0 Å². The third-order valence-corrected chi connectivity index (χ3v) is 3.70. The first kappa shape index (κ1) is 17.1. The molecule has 0 bridgehead atoms. The fourth-order valence-electron chi connectivity index (χ4n) is 1.66. The maximum Gasteiger partial charge on any atom is 0.326 e. The van der Waals surface area contributed by atoms with Gasteiger partial charge in [-0.25, -0.2) is 4.79 Å². The summed E-state index contributed by atoms with van der Waals surface area (Å²) in [5.41, 5.74) is -0.0177. The summed E-state index contributed by atoms with van der Waals surface area (Å²) in [5, 5.41) is 11.8. The maximum absolute atomic E-state index is 12.1. The lowest BCUT2D eigenvalue weighted by molar-refractivity contribution is -0.139. The lowest BCUT2D eigenvalue weighted by atomic mass is 10.0. The Labute approximate surface area is 132 Å². The van der Waals surface area contributed by atoms with E-state index in [1.54, 1.807) is 0 Å². The molecule has 1 rings (SSSR count). The Morgan fingerprint density at radius 2 is 1.75 bits per heavy atom. The van der Waals surface area contributed by atoms with Crippen molar-refractivity contribution in [3.05, 3.63) is 32.8 Å². The molecule has 1 aromatic carbocycles. The molecule has 110 valence electrons. The van der Waals surface area contributed by atoms with Crippen molar-refractivity contribution >= 4 is 46.7 Å². The van der Waals surface area contributed by atoms with Gasteiger partial charge in [0.05, 0.1) is 20.6 Å². The summed E-state index contributed by atoms with van der Waals surface area (Å²) in [4.78, 5) is 23.3. The second kappa shape index (κ2) is 7.16. The highest BCUT2D eigenvalue weighted by molar-refractivity contribution is 6.46. The molecule has 2 N–H and O–H groups in total. The quantitative estimate of drug-likeness (QED) is 0.801. The Kier molecular flexibility index (Phi) is 6.11. The van der Waals surface area contributed by atoms with Gasteiger partial charge in [-0.1, -0.05) is 48.7 Å². The molecule has 0 aliphatic rings. The SMILES string of the molecule is CC(C)C[C@@H](NC(=O)c1c(Cl)ccc(Cl)c1Cl)C(=O)O. The minimum absolute atomic E-state index is 0.00496. The molecule has 0 aliphatic carbocycles. The number of carbonyl (C=O) groups is 2. The summed E-state index contributed by atoms with van der Waals surface area (Å²) >= 11 is 17.7. The molecule has 0 heterocycles. The van der Waals surface area contributed by atoms with E-state index in [0.717, 1.165) is 0 Å². The number of nitrogens with one attached hydrogen (secondary N) is 1. The van der Waals surface area contributed by atoms with Gasteiger partial charge < -0.3 is 10.4 Å². The van der Waals surface area contributed by atoms with E-state index in [1.165, 1.54) is 12.1 Å². The van der Waals surface area contributed by atoms with Gasteiger partial charge in [0.15, 0.2) is 0 Å². The van der Waals surface area contributed by atoms with Gasteiger partial charge in [0.2, 0.25) is 0 Å². The molecule has 0 saturated heterocycles. The lowest BCUT2D eigenvalue weighted by Crippen LogP contribution is -2.41.